The quantitative estimate of drug-likeness (QED) is 0.628. The zero-order valence-corrected chi connectivity index (χ0v) is 11.2. The molecule has 1 heterocycles. The summed E-state index contributed by atoms with van der Waals surface area (Å²) in [4.78, 5) is 11.7. The summed E-state index contributed by atoms with van der Waals surface area (Å²) >= 11 is 0. The Hall–Kier alpha value is -2.42. The van der Waals surface area contributed by atoms with E-state index in [1.807, 2.05) is 31.2 Å². The minimum atomic E-state index is -0.387. The van der Waals surface area contributed by atoms with Crippen LogP contribution < -0.4 is 0 Å². The zero-order valence-electron chi connectivity index (χ0n) is 11.2. The molecule has 0 radical (unpaired) electrons. The molecule has 0 N–H and O–H groups in total. The summed E-state index contributed by atoms with van der Waals surface area (Å²) in [6.07, 6.45) is 0. The monoisotopic (exact) mass is 268 g/mol. The zero-order chi connectivity index (χ0) is 14.3. The van der Waals surface area contributed by atoms with Crippen LogP contribution in [0, 0.1) is 12.7 Å². The Morgan fingerprint density at radius 3 is 2.65 bits per heavy atom. The van der Waals surface area contributed by atoms with Crippen molar-refractivity contribution in [2.45, 2.75) is 13.8 Å². The van der Waals surface area contributed by atoms with Gasteiger partial charge in [-0.1, -0.05) is 11.6 Å². The topological polar surface area (TPSA) is 30.2 Å². The number of ketones is 1. The van der Waals surface area contributed by atoms with E-state index in [0.29, 0.717) is 16.9 Å². The Labute approximate surface area is 115 Å². The minimum absolute atomic E-state index is 0.114. The summed E-state index contributed by atoms with van der Waals surface area (Å²) in [5.41, 5.74) is 2.80. The highest BCUT2D eigenvalue weighted by atomic mass is 19.1. The molecule has 0 aliphatic rings. The standard InChI is InChI=1S/C17H13FO2/c1-10-3-6-16-12(7-10)8-17(20-16)15-9-13(18)4-5-14(15)11(2)19/h3-9H,1-2H3. The first-order chi connectivity index (χ1) is 9.54. The molecule has 100 valence electrons. The van der Waals surface area contributed by atoms with Crippen LogP contribution in [0.25, 0.3) is 22.3 Å². The third-order valence-corrected chi connectivity index (χ3v) is 3.30. The molecule has 1 aromatic heterocycles. The highest BCUT2D eigenvalue weighted by Gasteiger charge is 2.14. The second kappa shape index (κ2) is 4.60. The Morgan fingerprint density at radius 2 is 1.90 bits per heavy atom. The maximum absolute atomic E-state index is 13.5. The summed E-state index contributed by atoms with van der Waals surface area (Å²) < 4.78 is 19.2. The van der Waals surface area contributed by atoms with E-state index in [4.69, 9.17) is 4.42 Å². The van der Waals surface area contributed by atoms with E-state index in [0.717, 1.165) is 16.5 Å². The number of hydrogen-bond donors (Lipinski definition) is 0. The highest BCUT2D eigenvalue weighted by Crippen LogP contribution is 2.31. The van der Waals surface area contributed by atoms with Gasteiger partial charge in [-0.2, -0.15) is 0 Å². The number of Topliss-reactive ketones (excluding diaryl/α,β-unsaturated/α-hetero) is 1. The number of carbonyl (C=O) groups excluding carboxylic acids is 1. The summed E-state index contributed by atoms with van der Waals surface area (Å²) in [7, 11) is 0. The van der Waals surface area contributed by atoms with Crippen LogP contribution in [-0.2, 0) is 0 Å². The lowest BCUT2D eigenvalue weighted by Gasteiger charge is -2.03. The SMILES string of the molecule is CC(=O)c1ccc(F)cc1-c1cc2cc(C)ccc2o1. The average Bonchev–Trinajstić information content (AvgIpc) is 2.81. The second-order valence-corrected chi connectivity index (χ2v) is 4.90. The second-order valence-electron chi connectivity index (χ2n) is 4.90. The summed E-state index contributed by atoms with van der Waals surface area (Å²) in [5.74, 6) is 0.00794. The van der Waals surface area contributed by atoms with Crippen LogP contribution in [-0.4, -0.2) is 5.78 Å². The first kappa shape index (κ1) is 12.6. The van der Waals surface area contributed by atoms with Crippen LogP contribution in [0.15, 0.2) is 46.9 Å². The number of carbonyl (C=O) groups is 1. The molecule has 0 amide bonds. The van der Waals surface area contributed by atoms with Crippen LogP contribution in [0.4, 0.5) is 4.39 Å². The molecule has 2 nitrogen and oxygen atoms in total. The van der Waals surface area contributed by atoms with Gasteiger partial charge in [-0.25, -0.2) is 4.39 Å². The number of hydrogen-bond acceptors (Lipinski definition) is 2. The number of fused-ring (bicyclic) bond motifs is 1. The van der Waals surface area contributed by atoms with E-state index in [1.165, 1.54) is 25.1 Å². The van der Waals surface area contributed by atoms with Crippen molar-refractivity contribution in [1.82, 2.24) is 0 Å². The average molecular weight is 268 g/mol. The van der Waals surface area contributed by atoms with Gasteiger partial charge in [-0.3, -0.25) is 4.79 Å². The van der Waals surface area contributed by atoms with Crippen LogP contribution in [0.3, 0.4) is 0 Å². The van der Waals surface area contributed by atoms with E-state index in [2.05, 4.69) is 0 Å². The molecule has 0 saturated carbocycles. The molecular formula is C17H13FO2. The molecule has 20 heavy (non-hydrogen) atoms. The Kier molecular flexibility index (Phi) is 2.90. The van der Waals surface area contributed by atoms with E-state index in [-0.39, 0.29) is 11.6 Å². The predicted octanol–water partition coefficient (Wildman–Crippen LogP) is 4.75. The van der Waals surface area contributed by atoms with Gasteiger partial charge in [0.05, 0.1) is 0 Å². The molecule has 3 rings (SSSR count). The number of benzene rings is 2. The van der Waals surface area contributed by atoms with Crippen molar-refractivity contribution in [2.24, 2.45) is 0 Å². The van der Waals surface area contributed by atoms with Gasteiger partial charge in [0.1, 0.15) is 17.2 Å². The van der Waals surface area contributed by atoms with Gasteiger partial charge < -0.3 is 4.42 Å². The fraction of sp³-hybridized carbons (Fsp3) is 0.118. The van der Waals surface area contributed by atoms with Gasteiger partial charge in [0.25, 0.3) is 0 Å². The molecule has 0 saturated heterocycles. The van der Waals surface area contributed by atoms with Crippen molar-refractivity contribution < 1.29 is 13.6 Å². The van der Waals surface area contributed by atoms with Crippen molar-refractivity contribution >= 4 is 16.8 Å². The van der Waals surface area contributed by atoms with Gasteiger partial charge in [-0.15, -0.1) is 0 Å². The maximum atomic E-state index is 13.5. The highest BCUT2D eigenvalue weighted by molar-refractivity contribution is 6.01. The van der Waals surface area contributed by atoms with Crippen molar-refractivity contribution in [3.05, 3.63) is 59.4 Å². The largest absolute Gasteiger partial charge is 0.456 e. The molecule has 0 aliphatic heterocycles. The van der Waals surface area contributed by atoms with Gasteiger partial charge in [0.15, 0.2) is 5.78 Å². The molecule has 0 fully saturated rings. The molecular weight excluding hydrogens is 255 g/mol. The first-order valence-electron chi connectivity index (χ1n) is 6.35. The first-order valence-corrected chi connectivity index (χ1v) is 6.35. The Bertz CT molecular complexity index is 815. The number of halogens is 1. The van der Waals surface area contributed by atoms with Crippen molar-refractivity contribution in [3.8, 4) is 11.3 Å². The fourth-order valence-corrected chi connectivity index (χ4v) is 2.32. The van der Waals surface area contributed by atoms with Gasteiger partial charge in [-0.05, 0) is 50.2 Å². The minimum Gasteiger partial charge on any atom is -0.456 e. The molecule has 3 aromatic rings. The van der Waals surface area contributed by atoms with Gasteiger partial charge in [0, 0.05) is 16.5 Å². The normalized spacial score (nSPS) is 10.9. The lowest BCUT2D eigenvalue weighted by atomic mass is 10.0. The lowest BCUT2D eigenvalue weighted by Crippen LogP contribution is -1.96. The fourth-order valence-electron chi connectivity index (χ4n) is 2.32. The van der Waals surface area contributed by atoms with Crippen molar-refractivity contribution in [3.63, 3.8) is 0 Å². The van der Waals surface area contributed by atoms with E-state index in [1.54, 1.807) is 0 Å². The van der Waals surface area contributed by atoms with Crippen LogP contribution in [0.5, 0.6) is 0 Å². The van der Waals surface area contributed by atoms with E-state index in [9.17, 15) is 9.18 Å². The Balaban J connectivity index is 2.24. The van der Waals surface area contributed by atoms with E-state index >= 15 is 0 Å². The van der Waals surface area contributed by atoms with Crippen molar-refractivity contribution in [1.29, 1.82) is 0 Å². The lowest BCUT2D eigenvalue weighted by molar-refractivity contribution is 0.101. The molecule has 2 aromatic carbocycles. The number of furan rings is 1. The van der Waals surface area contributed by atoms with Crippen LogP contribution in [0.1, 0.15) is 22.8 Å². The summed E-state index contributed by atoms with van der Waals surface area (Å²) in [6.45, 7) is 3.46. The number of aryl methyl sites for hydroxylation is 1. The third kappa shape index (κ3) is 2.11. The Morgan fingerprint density at radius 1 is 1.10 bits per heavy atom. The van der Waals surface area contributed by atoms with E-state index < -0.39 is 0 Å². The molecule has 0 aliphatic carbocycles. The molecule has 3 heteroatoms. The third-order valence-electron chi connectivity index (χ3n) is 3.30. The number of rotatable bonds is 2. The maximum Gasteiger partial charge on any atom is 0.160 e. The smallest absolute Gasteiger partial charge is 0.160 e. The molecule has 0 atom stereocenters. The summed E-state index contributed by atoms with van der Waals surface area (Å²) in [6, 6.07) is 11.8. The van der Waals surface area contributed by atoms with Crippen LogP contribution in [0.2, 0.25) is 0 Å². The van der Waals surface area contributed by atoms with Gasteiger partial charge >= 0.3 is 0 Å². The van der Waals surface area contributed by atoms with Gasteiger partial charge in [0.2, 0.25) is 0 Å². The predicted molar refractivity (Wildman–Crippen MR) is 76.3 cm³/mol. The molecule has 0 bridgehead atoms. The molecule has 0 unspecified atom stereocenters. The van der Waals surface area contributed by atoms with Crippen LogP contribution >= 0.6 is 0 Å². The molecule has 0 spiro atoms. The van der Waals surface area contributed by atoms with Crippen molar-refractivity contribution in [2.75, 3.05) is 0 Å². The summed E-state index contributed by atoms with van der Waals surface area (Å²) in [5, 5.41) is 0.943.